The zero-order valence-electron chi connectivity index (χ0n) is 9.16. The van der Waals surface area contributed by atoms with Crippen molar-refractivity contribution in [2.45, 2.75) is 10.1 Å². The summed E-state index contributed by atoms with van der Waals surface area (Å²) in [7, 11) is 0. The third-order valence-electron chi connectivity index (χ3n) is 2.16. The number of hydrogen-bond donors (Lipinski definition) is 2. The summed E-state index contributed by atoms with van der Waals surface area (Å²) >= 11 is 0.843. The molecule has 2 N–H and O–H groups in total. The third kappa shape index (κ3) is 2.71. The third-order valence-corrected chi connectivity index (χ3v) is 3.12. The second kappa shape index (κ2) is 5.06. The molecule has 9 heteroatoms. The number of nitro benzene ring substituents is 1. The highest BCUT2D eigenvalue weighted by Gasteiger charge is 2.23. The van der Waals surface area contributed by atoms with Crippen molar-refractivity contribution in [3.63, 3.8) is 0 Å². The Morgan fingerprint density at radius 2 is 2.26 bits per heavy atom. The number of aromatic nitrogens is 2. The lowest BCUT2D eigenvalue weighted by atomic mass is 10.2. The van der Waals surface area contributed by atoms with E-state index in [2.05, 4.69) is 9.97 Å². The number of halogens is 1. The molecule has 7 nitrogen and oxygen atoms in total. The van der Waals surface area contributed by atoms with Gasteiger partial charge in [0.1, 0.15) is 11.4 Å². The van der Waals surface area contributed by atoms with Gasteiger partial charge in [0.15, 0.2) is 5.16 Å². The molecular formula is C10H6FN3O4S. The Labute approximate surface area is 109 Å². The first-order chi connectivity index (χ1) is 8.99. The monoisotopic (exact) mass is 283 g/mol. The van der Waals surface area contributed by atoms with E-state index >= 15 is 0 Å². The number of aromatic amines is 1. The molecule has 0 atom stereocenters. The molecule has 2 aromatic rings. The number of nitrogens with zero attached hydrogens (tertiary/aromatic N) is 2. The van der Waals surface area contributed by atoms with Crippen LogP contribution in [-0.2, 0) is 0 Å². The average molecular weight is 283 g/mol. The topological polar surface area (TPSA) is 109 Å². The summed E-state index contributed by atoms with van der Waals surface area (Å²) in [6.45, 7) is 0. The summed E-state index contributed by atoms with van der Waals surface area (Å²) < 4.78 is 13.5. The number of carbonyl (C=O) groups is 1. The number of nitro groups is 1. The van der Waals surface area contributed by atoms with Gasteiger partial charge in [-0.15, -0.1) is 0 Å². The summed E-state index contributed by atoms with van der Waals surface area (Å²) in [5, 5.41) is 20.0. The minimum atomic E-state index is -1.56. The van der Waals surface area contributed by atoms with Crippen molar-refractivity contribution in [1.82, 2.24) is 9.97 Å². The number of carboxylic acid groups (broad SMARTS) is 1. The first-order valence-corrected chi connectivity index (χ1v) is 5.69. The molecule has 98 valence electrons. The molecular weight excluding hydrogens is 277 g/mol. The largest absolute Gasteiger partial charge is 0.478 e. The lowest BCUT2D eigenvalue weighted by Gasteiger charge is -2.03. The Balaban J connectivity index is 2.50. The molecule has 1 aromatic heterocycles. The summed E-state index contributed by atoms with van der Waals surface area (Å²) in [5.41, 5.74) is -1.23. The SMILES string of the molecule is O=C(O)c1cc([N+](=O)[O-])c(Sc2ncc[nH]2)cc1F. The van der Waals surface area contributed by atoms with Crippen LogP contribution in [0.5, 0.6) is 0 Å². The summed E-state index contributed by atoms with van der Waals surface area (Å²) in [5.74, 6) is -2.60. The Hall–Kier alpha value is -2.42. The predicted octanol–water partition coefficient (Wildman–Crippen LogP) is 2.31. The number of aromatic carboxylic acids is 1. The molecule has 19 heavy (non-hydrogen) atoms. The van der Waals surface area contributed by atoms with Gasteiger partial charge in [-0.3, -0.25) is 10.1 Å². The minimum Gasteiger partial charge on any atom is -0.478 e. The van der Waals surface area contributed by atoms with Crippen LogP contribution in [0.1, 0.15) is 10.4 Å². The number of imidazole rings is 1. The second-order valence-electron chi connectivity index (χ2n) is 3.36. The highest BCUT2D eigenvalue weighted by molar-refractivity contribution is 7.99. The van der Waals surface area contributed by atoms with Crippen molar-refractivity contribution < 1.29 is 19.2 Å². The Morgan fingerprint density at radius 3 is 2.79 bits per heavy atom. The number of carboxylic acids is 1. The quantitative estimate of drug-likeness (QED) is 0.658. The molecule has 0 unspecified atom stereocenters. The molecule has 0 aliphatic heterocycles. The first-order valence-electron chi connectivity index (χ1n) is 4.87. The molecule has 0 radical (unpaired) electrons. The Kier molecular flexibility index (Phi) is 3.47. The van der Waals surface area contributed by atoms with Gasteiger partial charge in [-0.05, 0) is 17.8 Å². The first kappa shape index (κ1) is 13.0. The van der Waals surface area contributed by atoms with E-state index in [1.54, 1.807) is 0 Å². The van der Waals surface area contributed by atoms with E-state index in [0.717, 1.165) is 17.8 Å². The molecule has 2 rings (SSSR count). The van der Waals surface area contributed by atoms with Crippen LogP contribution in [0.4, 0.5) is 10.1 Å². The van der Waals surface area contributed by atoms with E-state index in [0.29, 0.717) is 11.2 Å². The smallest absolute Gasteiger partial charge is 0.338 e. The zero-order valence-corrected chi connectivity index (χ0v) is 9.98. The van der Waals surface area contributed by atoms with Gasteiger partial charge >= 0.3 is 5.97 Å². The van der Waals surface area contributed by atoms with Crippen LogP contribution in [0, 0.1) is 15.9 Å². The molecule has 1 aromatic carbocycles. The molecule has 0 aliphatic rings. The maximum absolute atomic E-state index is 13.5. The molecule has 0 bridgehead atoms. The maximum Gasteiger partial charge on any atom is 0.338 e. The highest BCUT2D eigenvalue weighted by Crippen LogP contribution is 2.34. The number of H-pyrrole nitrogens is 1. The van der Waals surface area contributed by atoms with Gasteiger partial charge in [0.25, 0.3) is 5.69 Å². The molecule has 0 amide bonds. The van der Waals surface area contributed by atoms with Crippen LogP contribution < -0.4 is 0 Å². The van der Waals surface area contributed by atoms with Crippen LogP contribution in [0.3, 0.4) is 0 Å². The molecule has 0 fully saturated rings. The number of benzene rings is 1. The van der Waals surface area contributed by atoms with Gasteiger partial charge in [0.2, 0.25) is 0 Å². The van der Waals surface area contributed by atoms with Gasteiger partial charge < -0.3 is 10.1 Å². The van der Waals surface area contributed by atoms with Crippen LogP contribution in [0.2, 0.25) is 0 Å². The van der Waals surface area contributed by atoms with Gasteiger partial charge in [-0.2, -0.15) is 0 Å². The van der Waals surface area contributed by atoms with Gasteiger partial charge in [0.05, 0.1) is 9.82 Å². The zero-order chi connectivity index (χ0) is 14.0. The summed E-state index contributed by atoms with van der Waals surface area (Å²) in [4.78, 5) is 27.4. The van der Waals surface area contributed by atoms with Gasteiger partial charge in [0, 0.05) is 18.5 Å². The van der Waals surface area contributed by atoms with Crippen molar-refractivity contribution in [2.75, 3.05) is 0 Å². The van der Waals surface area contributed by atoms with Crippen LogP contribution in [0.15, 0.2) is 34.6 Å². The summed E-state index contributed by atoms with van der Waals surface area (Å²) in [6.07, 6.45) is 2.95. The normalized spacial score (nSPS) is 10.4. The minimum absolute atomic E-state index is 0.0255. The summed E-state index contributed by atoms with van der Waals surface area (Å²) in [6, 6.07) is 1.51. The van der Waals surface area contributed by atoms with E-state index in [9.17, 15) is 19.3 Å². The van der Waals surface area contributed by atoms with Crippen LogP contribution in [-0.4, -0.2) is 26.0 Å². The van der Waals surface area contributed by atoms with Crippen LogP contribution in [0.25, 0.3) is 0 Å². The fraction of sp³-hybridized carbons (Fsp3) is 0. The van der Waals surface area contributed by atoms with E-state index in [4.69, 9.17) is 5.11 Å². The number of nitrogens with one attached hydrogen (secondary N) is 1. The Morgan fingerprint density at radius 1 is 1.53 bits per heavy atom. The molecule has 0 spiro atoms. The Bertz CT molecular complexity index is 644. The number of rotatable bonds is 4. The lowest BCUT2D eigenvalue weighted by molar-refractivity contribution is -0.387. The molecule has 0 saturated heterocycles. The maximum atomic E-state index is 13.5. The number of hydrogen-bond acceptors (Lipinski definition) is 5. The fourth-order valence-electron chi connectivity index (χ4n) is 1.34. The van der Waals surface area contributed by atoms with Crippen molar-refractivity contribution >= 4 is 23.4 Å². The van der Waals surface area contributed by atoms with Crippen molar-refractivity contribution in [1.29, 1.82) is 0 Å². The highest BCUT2D eigenvalue weighted by atomic mass is 32.2. The molecule has 0 saturated carbocycles. The van der Waals surface area contributed by atoms with E-state index in [1.165, 1.54) is 12.4 Å². The predicted molar refractivity (Wildman–Crippen MR) is 62.7 cm³/mol. The fourth-order valence-corrected chi connectivity index (χ4v) is 2.19. The molecule has 1 heterocycles. The van der Waals surface area contributed by atoms with Crippen molar-refractivity contribution in [2.24, 2.45) is 0 Å². The van der Waals surface area contributed by atoms with Gasteiger partial charge in [-0.25, -0.2) is 14.2 Å². The lowest BCUT2D eigenvalue weighted by Crippen LogP contribution is -2.03. The second-order valence-corrected chi connectivity index (χ2v) is 4.39. The van der Waals surface area contributed by atoms with Gasteiger partial charge in [-0.1, -0.05) is 0 Å². The molecule has 0 aliphatic carbocycles. The van der Waals surface area contributed by atoms with Crippen LogP contribution >= 0.6 is 11.8 Å². The standard InChI is InChI=1S/C10H6FN3O4S/c11-6-4-8(19-10-12-1-2-13-10)7(14(17)18)3-5(6)9(15)16/h1-4H,(H,12,13)(H,15,16). The van der Waals surface area contributed by atoms with E-state index < -0.39 is 28.0 Å². The van der Waals surface area contributed by atoms with E-state index in [-0.39, 0.29) is 4.90 Å². The van der Waals surface area contributed by atoms with Crippen molar-refractivity contribution in [3.05, 3.63) is 46.0 Å². The van der Waals surface area contributed by atoms with E-state index in [1.807, 2.05) is 0 Å². The van der Waals surface area contributed by atoms with Crippen molar-refractivity contribution in [3.8, 4) is 0 Å². The average Bonchev–Trinajstić information content (AvgIpc) is 2.81.